The zero-order valence-corrected chi connectivity index (χ0v) is 11.5. The molecule has 23 heavy (non-hydrogen) atoms. The molecule has 128 valence electrons. The molecule has 10 heteroatoms. The number of halogens is 7. The van der Waals surface area contributed by atoms with E-state index in [-0.39, 0.29) is 19.3 Å². The van der Waals surface area contributed by atoms with Crippen molar-refractivity contribution in [1.29, 1.82) is 0 Å². The van der Waals surface area contributed by atoms with E-state index in [9.17, 15) is 35.8 Å². The van der Waals surface area contributed by atoms with E-state index in [0.29, 0.717) is 0 Å². The molecule has 3 aliphatic rings. The number of fused-ring (bicyclic) bond motifs is 1. The lowest BCUT2D eigenvalue weighted by Crippen LogP contribution is -2.34. The Labute approximate surface area is 125 Å². The maximum atomic E-state index is 13.6. The molecular formula is C13H11F7N2O. The Morgan fingerprint density at radius 2 is 1.70 bits per heavy atom. The minimum absolute atomic E-state index is 0.0902. The van der Waals surface area contributed by atoms with Gasteiger partial charge in [-0.15, -0.1) is 0 Å². The summed E-state index contributed by atoms with van der Waals surface area (Å²) in [5.74, 6) is -6.56. The summed E-state index contributed by atoms with van der Waals surface area (Å²) < 4.78 is 93.4. The van der Waals surface area contributed by atoms with Crippen LogP contribution in [0.4, 0.5) is 30.7 Å². The number of aliphatic hydroxyl groups excluding tert-OH is 1. The van der Waals surface area contributed by atoms with Crippen molar-refractivity contribution >= 4 is 0 Å². The monoisotopic (exact) mass is 344 g/mol. The van der Waals surface area contributed by atoms with Gasteiger partial charge < -0.3 is 5.11 Å². The SMILES string of the molecule is OC1c2c(C(F)(F)F)nn(C3CC4(C3)CC4(F)F)c2CC1(F)F. The number of aliphatic hydroxyl groups is 1. The zero-order chi connectivity index (χ0) is 17.0. The summed E-state index contributed by atoms with van der Waals surface area (Å²) in [4.78, 5) is 0. The summed E-state index contributed by atoms with van der Waals surface area (Å²) >= 11 is 0. The normalized spacial score (nSPS) is 36.9. The molecule has 1 aromatic heterocycles. The second kappa shape index (κ2) is 3.84. The highest BCUT2D eigenvalue weighted by Gasteiger charge is 2.76. The van der Waals surface area contributed by atoms with Crippen LogP contribution in [0.2, 0.25) is 0 Å². The summed E-state index contributed by atoms with van der Waals surface area (Å²) in [6, 6.07) is -0.769. The van der Waals surface area contributed by atoms with Gasteiger partial charge >= 0.3 is 6.18 Å². The Balaban J connectivity index is 1.72. The fourth-order valence-corrected chi connectivity index (χ4v) is 3.83. The van der Waals surface area contributed by atoms with E-state index in [1.54, 1.807) is 0 Å². The second-order valence-corrected chi connectivity index (χ2v) is 6.72. The van der Waals surface area contributed by atoms with Crippen LogP contribution in [-0.4, -0.2) is 26.7 Å². The molecule has 0 saturated heterocycles. The third-order valence-electron chi connectivity index (χ3n) is 5.21. The maximum Gasteiger partial charge on any atom is 0.435 e. The van der Waals surface area contributed by atoms with Gasteiger partial charge in [-0.3, -0.25) is 4.68 Å². The summed E-state index contributed by atoms with van der Waals surface area (Å²) in [6.07, 6.45) is -9.17. The highest BCUT2D eigenvalue weighted by molar-refractivity contribution is 5.39. The lowest BCUT2D eigenvalue weighted by atomic mass is 9.76. The van der Waals surface area contributed by atoms with Gasteiger partial charge in [0.25, 0.3) is 11.8 Å². The van der Waals surface area contributed by atoms with Crippen molar-refractivity contribution in [2.24, 2.45) is 5.41 Å². The summed E-state index contributed by atoms with van der Waals surface area (Å²) in [5.41, 5.74) is -4.10. The standard InChI is InChI=1S/C13H11F7N2O/c14-11(15)3-6-7(9(11)23)8(13(18,19)20)21-22(6)5-1-10(2-5)4-12(10,16)17/h5,9,23H,1-4H2. The molecule has 1 aromatic rings. The van der Waals surface area contributed by atoms with Gasteiger partial charge in [0.1, 0.15) is 6.10 Å². The van der Waals surface area contributed by atoms with Crippen molar-refractivity contribution in [2.45, 2.75) is 55.9 Å². The highest BCUT2D eigenvalue weighted by Crippen LogP contribution is 2.74. The Hall–Kier alpha value is -1.32. The molecule has 2 fully saturated rings. The van der Waals surface area contributed by atoms with Gasteiger partial charge in [-0.25, -0.2) is 17.6 Å². The topological polar surface area (TPSA) is 38.1 Å². The molecule has 4 rings (SSSR count). The molecule has 0 amide bonds. The van der Waals surface area contributed by atoms with E-state index in [1.807, 2.05) is 0 Å². The van der Waals surface area contributed by atoms with Gasteiger partial charge in [-0.2, -0.15) is 18.3 Å². The minimum atomic E-state index is -5.00. The molecule has 2 saturated carbocycles. The van der Waals surface area contributed by atoms with E-state index < -0.39 is 59.0 Å². The molecule has 0 radical (unpaired) electrons. The molecule has 3 nitrogen and oxygen atoms in total. The number of alkyl halides is 7. The number of hydrogen-bond acceptors (Lipinski definition) is 2. The van der Waals surface area contributed by atoms with Crippen molar-refractivity contribution in [1.82, 2.24) is 9.78 Å². The van der Waals surface area contributed by atoms with Gasteiger partial charge in [0, 0.05) is 17.4 Å². The van der Waals surface area contributed by atoms with Crippen LogP contribution in [0.3, 0.4) is 0 Å². The molecular weight excluding hydrogens is 333 g/mol. The molecule has 1 heterocycles. The van der Waals surface area contributed by atoms with E-state index in [4.69, 9.17) is 0 Å². The van der Waals surface area contributed by atoms with Gasteiger partial charge in [0.2, 0.25) is 0 Å². The van der Waals surface area contributed by atoms with Crippen LogP contribution in [0.1, 0.15) is 48.4 Å². The van der Waals surface area contributed by atoms with Gasteiger partial charge in [-0.05, 0) is 12.8 Å². The average molecular weight is 344 g/mol. The highest BCUT2D eigenvalue weighted by atomic mass is 19.4. The van der Waals surface area contributed by atoms with Crippen LogP contribution in [0.5, 0.6) is 0 Å². The van der Waals surface area contributed by atoms with Crippen molar-refractivity contribution < 1.29 is 35.8 Å². The molecule has 1 spiro atoms. The molecule has 3 aliphatic carbocycles. The van der Waals surface area contributed by atoms with Crippen LogP contribution in [-0.2, 0) is 12.6 Å². The summed E-state index contributed by atoms with van der Waals surface area (Å²) in [5, 5.41) is 12.8. The predicted octanol–water partition coefficient (Wildman–Crippen LogP) is 3.49. The minimum Gasteiger partial charge on any atom is -0.382 e. The van der Waals surface area contributed by atoms with Crippen molar-refractivity contribution in [3.8, 4) is 0 Å². The van der Waals surface area contributed by atoms with Crippen molar-refractivity contribution in [3.05, 3.63) is 17.0 Å². The molecule has 1 N–H and O–H groups in total. The average Bonchev–Trinajstić information content (AvgIpc) is 2.64. The molecule has 0 aliphatic heterocycles. The first-order valence-electron chi connectivity index (χ1n) is 7.00. The first kappa shape index (κ1) is 15.2. The lowest BCUT2D eigenvalue weighted by molar-refractivity contribution is -0.147. The molecule has 1 unspecified atom stereocenters. The van der Waals surface area contributed by atoms with E-state index in [0.717, 1.165) is 4.68 Å². The quantitative estimate of drug-likeness (QED) is 0.792. The van der Waals surface area contributed by atoms with Crippen molar-refractivity contribution in [2.75, 3.05) is 0 Å². The van der Waals surface area contributed by atoms with Crippen LogP contribution >= 0.6 is 0 Å². The van der Waals surface area contributed by atoms with Gasteiger partial charge in [0.15, 0.2) is 5.69 Å². The van der Waals surface area contributed by atoms with E-state index >= 15 is 0 Å². The first-order valence-corrected chi connectivity index (χ1v) is 7.00. The largest absolute Gasteiger partial charge is 0.435 e. The summed E-state index contributed by atoms with van der Waals surface area (Å²) in [6.45, 7) is 0. The fourth-order valence-electron chi connectivity index (χ4n) is 3.83. The lowest BCUT2D eigenvalue weighted by Gasteiger charge is -2.36. The predicted molar refractivity (Wildman–Crippen MR) is 61.1 cm³/mol. The van der Waals surface area contributed by atoms with Crippen LogP contribution in [0.25, 0.3) is 0 Å². The number of aromatic nitrogens is 2. The number of hydrogen-bond donors (Lipinski definition) is 1. The van der Waals surface area contributed by atoms with E-state index in [1.165, 1.54) is 0 Å². The molecule has 0 aromatic carbocycles. The van der Waals surface area contributed by atoms with Crippen LogP contribution < -0.4 is 0 Å². The molecule has 0 bridgehead atoms. The zero-order valence-electron chi connectivity index (χ0n) is 11.5. The second-order valence-electron chi connectivity index (χ2n) is 6.72. The Kier molecular flexibility index (Phi) is 2.54. The van der Waals surface area contributed by atoms with Gasteiger partial charge in [0.05, 0.1) is 18.2 Å². The Morgan fingerprint density at radius 1 is 1.13 bits per heavy atom. The third-order valence-corrected chi connectivity index (χ3v) is 5.21. The fraction of sp³-hybridized carbons (Fsp3) is 0.769. The number of rotatable bonds is 1. The molecule has 1 atom stereocenters. The van der Waals surface area contributed by atoms with Gasteiger partial charge in [-0.1, -0.05) is 0 Å². The Morgan fingerprint density at radius 3 is 2.17 bits per heavy atom. The van der Waals surface area contributed by atoms with E-state index in [2.05, 4.69) is 5.10 Å². The third kappa shape index (κ3) is 1.84. The number of nitrogens with zero attached hydrogens (tertiary/aromatic N) is 2. The van der Waals surface area contributed by atoms with Crippen LogP contribution in [0.15, 0.2) is 0 Å². The Bertz CT molecular complexity index is 687. The summed E-state index contributed by atoms with van der Waals surface area (Å²) in [7, 11) is 0. The maximum absolute atomic E-state index is 13.6. The smallest absolute Gasteiger partial charge is 0.382 e. The first-order chi connectivity index (χ1) is 10.4. The van der Waals surface area contributed by atoms with Crippen LogP contribution in [0, 0.1) is 5.41 Å². The van der Waals surface area contributed by atoms with Crippen molar-refractivity contribution in [3.63, 3.8) is 0 Å².